The molecule has 0 amide bonds. The number of hydrogen-bond donors (Lipinski definition) is 1. The zero-order valence-corrected chi connectivity index (χ0v) is 9.62. The molecule has 0 aliphatic carbocycles. The second-order valence-electron chi connectivity index (χ2n) is 5.11. The highest BCUT2D eigenvalue weighted by Gasteiger charge is 2.26. The number of rotatable bonds is 5. The van der Waals surface area contributed by atoms with Crippen molar-refractivity contribution in [3.63, 3.8) is 0 Å². The largest absolute Gasteiger partial charge is 0.312 e. The van der Waals surface area contributed by atoms with Gasteiger partial charge in [-0.15, -0.1) is 0 Å². The van der Waals surface area contributed by atoms with Crippen LogP contribution in [0.4, 0.5) is 0 Å². The lowest BCUT2D eigenvalue weighted by Gasteiger charge is -2.35. The summed E-state index contributed by atoms with van der Waals surface area (Å²) in [5, 5.41) is 3.51. The molecule has 0 rings (SSSR count). The van der Waals surface area contributed by atoms with Crippen molar-refractivity contribution in [1.29, 1.82) is 0 Å². The molecule has 74 valence electrons. The molecule has 0 heterocycles. The molecule has 0 saturated heterocycles. The van der Waals surface area contributed by atoms with Crippen molar-refractivity contribution in [2.45, 2.75) is 59.9 Å². The van der Waals surface area contributed by atoms with Gasteiger partial charge in [0.05, 0.1) is 0 Å². The molecular formula is C11H25N. The highest BCUT2D eigenvalue weighted by Crippen LogP contribution is 2.30. The van der Waals surface area contributed by atoms with E-state index in [0.717, 1.165) is 6.54 Å². The van der Waals surface area contributed by atoms with E-state index < -0.39 is 0 Å². The first-order valence-electron chi connectivity index (χ1n) is 5.08. The van der Waals surface area contributed by atoms with Crippen LogP contribution in [0.25, 0.3) is 0 Å². The Morgan fingerprint density at radius 1 is 1.00 bits per heavy atom. The van der Waals surface area contributed by atoms with Crippen LogP contribution in [0, 0.1) is 5.41 Å². The topological polar surface area (TPSA) is 12.0 Å². The van der Waals surface area contributed by atoms with Gasteiger partial charge in [-0.1, -0.05) is 34.1 Å². The molecule has 0 aromatic rings. The molecule has 0 radical (unpaired) electrons. The standard InChI is InChI=1S/C11H25N/c1-7-10(3,4)9-11(5,6)12-8-2/h12H,7-9H2,1-6H3. The number of hydrogen-bond acceptors (Lipinski definition) is 1. The van der Waals surface area contributed by atoms with Crippen LogP contribution in [-0.4, -0.2) is 12.1 Å². The zero-order chi connectivity index (χ0) is 9.83. The highest BCUT2D eigenvalue weighted by molar-refractivity contribution is 4.83. The van der Waals surface area contributed by atoms with E-state index in [1.54, 1.807) is 0 Å². The first-order valence-corrected chi connectivity index (χ1v) is 5.08. The Hall–Kier alpha value is -0.0400. The van der Waals surface area contributed by atoms with Crippen LogP contribution in [0.2, 0.25) is 0 Å². The minimum atomic E-state index is 0.286. The minimum absolute atomic E-state index is 0.286. The predicted octanol–water partition coefficient (Wildman–Crippen LogP) is 3.20. The van der Waals surface area contributed by atoms with Gasteiger partial charge in [-0.05, 0) is 32.2 Å². The van der Waals surface area contributed by atoms with Crippen molar-refractivity contribution >= 4 is 0 Å². The summed E-state index contributed by atoms with van der Waals surface area (Å²) < 4.78 is 0. The lowest BCUT2D eigenvalue weighted by Crippen LogP contribution is -2.42. The van der Waals surface area contributed by atoms with Gasteiger partial charge in [0.2, 0.25) is 0 Å². The summed E-state index contributed by atoms with van der Waals surface area (Å²) in [5.41, 5.74) is 0.750. The van der Waals surface area contributed by atoms with Crippen LogP contribution in [-0.2, 0) is 0 Å². The molecule has 0 spiro atoms. The van der Waals surface area contributed by atoms with Crippen molar-refractivity contribution in [2.75, 3.05) is 6.54 Å². The molecule has 0 aliphatic rings. The van der Waals surface area contributed by atoms with Gasteiger partial charge in [-0.25, -0.2) is 0 Å². The SMILES string of the molecule is CCNC(C)(C)CC(C)(C)CC. The third-order valence-electron chi connectivity index (χ3n) is 2.53. The maximum Gasteiger partial charge on any atom is 0.0130 e. The Kier molecular flexibility index (Phi) is 4.25. The fourth-order valence-electron chi connectivity index (χ4n) is 1.86. The summed E-state index contributed by atoms with van der Waals surface area (Å²) in [6.45, 7) is 14.7. The Bertz CT molecular complexity index is 125. The van der Waals surface area contributed by atoms with Gasteiger partial charge >= 0.3 is 0 Å². The van der Waals surface area contributed by atoms with Crippen LogP contribution in [0.3, 0.4) is 0 Å². The minimum Gasteiger partial charge on any atom is -0.312 e. The van der Waals surface area contributed by atoms with Crippen LogP contribution >= 0.6 is 0 Å². The number of nitrogens with one attached hydrogen (secondary N) is 1. The second-order valence-corrected chi connectivity index (χ2v) is 5.11. The van der Waals surface area contributed by atoms with Gasteiger partial charge in [0.15, 0.2) is 0 Å². The normalized spacial score (nSPS) is 13.5. The fourth-order valence-corrected chi connectivity index (χ4v) is 1.86. The van der Waals surface area contributed by atoms with Gasteiger partial charge in [0.1, 0.15) is 0 Å². The average molecular weight is 171 g/mol. The molecule has 1 N–H and O–H groups in total. The van der Waals surface area contributed by atoms with Crippen LogP contribution in [0.1, 0.15) is 54.4 Å². The van der Waals surface area contributed by atoms with Crippen molar-refractivity contribution < 1.29 is 0 Å². The monoisotopic (exact) mass is 171 g/mol. The van der Waals surface area contributed by atoms with Crippen LogP contribution in [0.15, 0.2) is 0 Å². The van der Waals surface area contributed by atoms with Crippen LogP contribution in [0.5, 0.6) is 0 Å². The molecule has 0 atom stereocenters. The summed E-state index contributed by atoms with van der Waals surface area (Å²) in [7, 11) is 0. The highest BCUT2D eigenvalue weighted by atomic mass is 14.9. The summed E-state index contributed by atoms with van der Waals surface area (Å²) in [6.07, 6.45) is 2.49. The van der Waals surface area contributed by atoms with E-state index in [-0.39, 0.29) is 5.54 Å². The Labute approximate surface area is 77.9 Å². The third kappa shape index (κ3) is 4.76. The first-order chi connectivity index (χ1) is 5.33. The maximum absolute atomic E-state index is 3.51. The predicted molar refractivity (Wildman–Crippen MR) is 56.4 cm³/mol. The Morgan fingerprint density at radius 2 is 1.50 bits per heavy atom. The molecular weight excluding hydrogens is 146 g/mol. The van der Waals surface area contributed by atoms with Gasteiger partial charge in [0.25, 0.3) is 0 Å². The van der Waals surface area contributed by atoms with Crippen molar-refractivity contribution in [3.05, 3.63) is 0 Å². The molecule has 0 saturated carbocycles. The molecule has 0 aromatic heterocycles. The fraction of sp³-hybridized carbons (Fsp3) is 1.00. The molecule has 0 unspecified atom stereocenters. The van der Waals surface area contributed by atoms with Crippen molar-refractivity contribution in [1.82, 2.24) is 5.32 Å². The van der Waals surface area contributed by atoms with E-state index in [1.165, 1.54) is 12.8 Å². The van der Waals surface area contributed by atoms with E-state index in [1.807, 2.05) is 0 Å². The molecule has 0 aliphatic heterocycles. The van der Waals surface area contributed by atoms with Gasteiger partial charge < -0.3 is 5.32 Å². The van der Waals surface area contributed by atoms with E-state index in [9.17, 15) is 0 Å². The van der Waals surface area contributed by atoms with Crippen molar-refractivity contribution in [2.24, 2.45) is 5.41 Å². The molecule has 1 heteroatoms. The van der Waals surface area contributed by atoms with Crippen LogP contribution < -0.4 is 5.32 Å². The molecule has 12 heavy (non-hydrogen) atoms. The molecule has 0 bridgehead atoms. The van der Waals surface area contributed by atoms with E-state index in [2.05, 4.69) is 46.9 Å². The van der Waals surface area contributed by atoms with E-state index in [0.29, 0.717) is 5.41 Å². The smallest absolute Gasteiger partial charge is 0.0130 e. The quantitative estimate of drug-likeness (QED) is 0.670. The Balaban J connectivity index is 4.04. The summed E-state index contributed by atoms with van der Waals surface area (Å²) in [5.74, 6) is 0. The third-order valence-corrected chi connectivity index (χ3v) is 2.53. The summed E-state index contributed by atoms with van der Waals surface area (Å²) in [4.78, 5) is 0. The van der Waals surface area contributed by atoms with E-state index in [4.69, 9.17) is 0 Å². The second kappa shape index (κ2) is 4.27. The Morgan fingerprint density at radius 3 is 1.83 bits per heavy atom. The van der Waals surface area contributed by atoms with Gasteiger partial charge in [-0.3, -0.25) is 0 Å². The zero-order valence-electron chi connectivity index (χ0n) is 9.62. The molecule has 0 aromatic carbocycles. The van der Waals surface area contributed by atoms with Gasteiger partial charge in [0, 0.05) is 5.54 Å². The average Bonchev–Trinajstić information content (AvgIpc) is 1.85. The van der Waals surface area contributed by atoms with E-state index >= 15 is 0 Å². The first kappa shape index (κ1) is 12.0. The lowest BCUT2D eigenvalue weighted by molar-refractivity contribution is 0.218. The summed E-state index contributed by atoms with van der Waals surface area (Å²) >= 11 is 0. The summed E-state index contributed by atoms with van der Waals surface area (Å²) in [6, 6.07) is 0. The van der Waals surface area contributed by atoms with Crippen molar-refractivity contribution in [3.8, 4) is 0 Å². The maximum atomic E-state index is 3.51. The van der Waals surface area contributed by atoms with Gasteiger partial charge in [-0.2, -0.15) is 0 Å². The lowest BCUT2D eigenvalue weighted by atomic mass is 9.78. The molecule has 0 fully saturated rings. The molecule has 1 nitrogen and oxygen atoms in total.